The van der Waals surface area contributed by atoms with Crippen molar-refractivity contribution < 1.29 is 14.1 Å². The summed E-state index contributed by atoms with van der Waals surface area (Å²) in [5.41, 5.74) is 0.355. The van der Waals surface area contributed by atoms with Gasteiger partial charge in [-0.2, -0.15) is 0 Å². The van der Waals surface area contributed by atoms with E-state index >= 15 is 0 Å². The first kappa shape index (κ1) is 15.2. The van der Waals surface area contributed by atoms with Gasteiger partial charge in [-0.3, -0.25) is 15.0 Å². The second kappa shape index (κ2) is 6.58. The maximum absolute atomic E-state index is 13.2. The van der Waals surface area contributed by atoms with Crippen LogP contribution in [-0.4, -0.2) is 55.8 Å². The number of benzene rings is 1. The Morgan fingerprint density at radius 2 is 2.09 bits per heavy atom. The van der Waals surface area contributed by atoms with Gasteiger partial charge in [-0.15, -0.1) is 0 Å². The molecule has 0 N–H and O–H groups in total. The first-order chi connectivity index (χ1) is 10.6. The summed E-state index contributed by atoms with van der Waals surface area (Å²) in [6.45, 7) is 5.89. The first-order valence-corrected chi connectivity index (χ1v) is 7.62. The van der Waals surface area contributed by atoms with Crippen LogP contribution in [0.4, 0.5) is 15.8 Å². The van der Waals surface area contributed by atoms with Crippen LogP contribution >= 0.6 is 0 Å². The third kappa shape index (κ3) is 3.36. The molecule has 22 heavy (non-hydrogen) atoms. The number of hydrogen-bond donors (Lipinski definition) is 0. The SMILES string of the molecule is O=[N+]([O-])c1cc(F)ccc1N1CCN(CC2CCOC2)CC1. The van der Waals surface area contributed by atoms with Crippen LogP contribution in [0.1, 0.15) is 6.42 Å². The van der Waals surface area contributed by atoms with E-state index in [1.54, 1.807) is 0 Å². The van der Waals surface area contributed by atoms with Crippen LogP contribution in [0.2, 0.25) is 0 Å². The highest BCUT2D eigenvalue weighted by Crippen LogP contribution is 2.29. The second-order valence-corrected chi connectivity index (χ2v) is 5.91. The Kier molecular flexibility index (Phi) is 4.54. The summed E-state index contributed by atoms with van der Waals surface area (Å²) in [4.78, 5) is 14.9. The molecule has 1 unspecified atom stereocenters. The van der Waals surface area contributed by atoms with E-state index in [9.17, 15) is 14.5 Å². The molecule has 0 spiro atoms. The van der Waals surface area contributed by atoms with Gasteiger partial charge in [0.25, 0.3) is 5.69 Å². The van der Waals surface area contributed by atoms with Crippen molar-refractivity contribution in [3.63, 3.8) is 0 Å². The molecular formula is C15H20FN3O3. The monoisotopic (exact) mass is 309 g/mol. The Bertz CT molecular complexity index is 541. The normalized spacial score (nSPS) is 23.0. The lowest BCUT2D eigenvalue weighted by atomic mass is 10.1. The van der Waals surface area contributed by atoms with E-state index in [2.05, 4.69) is 4.90 Å². The molecule has 0 saturated carbocycles. The molecule has 0 aliphatic carbocycles. The molecule has 1 aromatic rings. The average molecular weight is 309 g/mol. The van der Waals surface area contributed by atoms with Crippen molar-refractivity contribution in [2.24, 2.45) is 5.92 Å². The van der Waals surface area contributed by atoms with Gasteiger partial charge in [0.05, 0.1) is 17.6 Å². The van der Waals surface area contributed by atoms with Gasteiger partial charge < -0.3 is 9.64 Å². The standard InChI is InChI=1S/C15H20FN3O3/c16-13-1-2-14(15(9-13)19(20)21)18-6-4-17(5-7-18)10-12-3-8-22-11-12/h1-2,9,12H,3-8,10-11H2. The molecular weight excluding hydrogens is 289 g/mol. The Balaban J connectivity index is 1.62. The van der Waals surface area contributed by atoms with Crippen molar-refractivity contribution in [2.45, 2.75) is 6.42 Å². The lowest BCUT2D eigenvalue weighted by Gasteiger charge is -2.36. The van der Waals surface area contributed by atoms with Crippen molar-refractivity contribution in [1.29, 1.82) is 0 Å². The minimum Gasteiger partial charge on any atom is -0.381 e. The topological polar surface area (TPSA) is 58.9 Å². The zero-order valence-electron chi connectivity index (χ0n) is 12.4. The van der Waals surface area contributed by atoms with Crippen LogP contribution in [0.25, 0.3) is 0 Å². The number of rotatable bonds is 4. The maximum atomic E-state index is 13.2. The van der Waals surface area contributed by atoms with E-state index in [4.69, 9.17) is 4.74 Å². The number of anilines is 1. The van der Waals surface area contributed by atoms with E-state index in [0.29, 0.717) is 11.6 Å². The molecule has 1 aromatic carbocycles. The smallest absolute Gasteiger partial charge is 0.295 e. The molecule has 2 heterocycles. The van der Waals surface area contributed by atoms with Crippen LogP contribution in [0.15, 0.2) is 18.2 Å². The molecule has 0 amide bonds. The fourth-order valence-corrected chi connectivity index (χ4v) is 3.17. The van der Waals surface area contributed by atoms with Crippen LogP contribution in [0.3, 0.4) is 0 Å². The molecule has 1 atom stereocenters. The predicted molar refractivity (Wildman–Crippen MR) is 80.6 cm³/mol. The molecule has 0 aromatic heterocycles. The summed E-state index contributed by atoms with van der Waals surface area (Å²) in [6, 6.07) is 3.79. The summed E-state index contributed by atoms with van der Waals surface area (Å²) in [5.74, 6) is 0.0297. The second-order valence-electron chi connectivity index (χ2n) is 5.91. The third-order valence-corrected chi connectivity index (χ3v) is 4.39. The van der Waals surface area contributed by atoms with Gasteiger partial charge in [-0.25, -0.2) is 4.39 Å². The number of halogens is 1. The fraction of sp³-hybridized carbons (Fsp3) is 0.600. The number of piperazine rings is 1. The van der Waals surface area contributed by atoms with E-state index in [1.165, 1.54) is 12.1 Å². The van der Waals surface area contributed by atoms with Gasteiger partial charge in [0, 0.05) is 39.3 Å². The molecule has 3 rings (SSSR count). The maximum Gasteiger partial charge on any atom is 0.295 e. The zero-order valence-corrected chi connectivity index (χ0v) is 12.4. The van der Waals surface area contributed by atoms with Gasteiger partial charge >= 0.3 is 0 Å². The van der Waals surface area contributed by atoms with Gasteiger partial charge in [0.15, 0.2) is 0 Å². The molecule has 0 bridgehead atoms. The van der Waals surface area contributed by atoms with Crippen molar-refractivity contribution >= 4 is 11.4 Å². The molecule has 2 aliphatic rings. The quantitative estimate of drug-likeness (QED) is 0.628. The summed E-state index contributed by atoms with van der Waals surface area (Å²) in [6.07, 6.45) is 1.11. The highest BCUT2D eigenvalue weighted by atomic mass is 19.1. The van der Waals surface area contributed by atoms with Crippen LogP contribution in [-0.2, 0) is 4.74 Å². The van der Waals surface area contributed by atoms with Gasteiger partial charge in [-0.1, -0.05) is 0 Å². The molecule has 0 radical (unpaired) electrons. The van der Waals surface area contributed by atoms with Crippen molar-refractivity contribution in [3.05, 3.63) is 34.1 Å². The molecule has 2 saturated heterocycles. The van der Waals surface area contributed by atoms with Crippen LogP contribution < -0.4 is 4.90 Å². The number of nitro benzene ring substituents is 1. The summed E-state index contributed by atoms with van der Waals surface area (Å²) in [7, 11) is 0. The predicted octanol–water partition coefficient (Wildman–Crippen LogP) is 1.89. The molecule has 7 heteroatoms. The number of hydrogen-bond acceptors (Lipinski definition) is 5. The van der Waals surface area contributed by atoms with Crippen molar-refractivity contribution in [1.82, 2.24) is 4.90 Å². The summed E-state index contributed by atoms with van der Waals surface area (Å²) in [5, 5.41) is 11.1. The fourth-order valence-electron chi connectivity index (χ4n) is 3.17. The molecule has 2 aliphatic heterocycles. The van der Waals surface area contributed by atoms with Crippen LogP contribution in [0, 0.1) is 21.8 Å². The number of nitrogens with zero attached hydrogens (tertiary/aromatic N) is 3. The Morgan fingerprint density at radius 3 is 2.73 bits per heavy atom. The minimum absolute atomic E-state index is 0.155. The largest absolute Gasteiger partial charge is 0.381 e. The molecule has 120 valence electrons. The summed E-state index contributed by atoms with van der Waals surface area (Å²) >= 11 is 0. The van der Waals surface area contributed by atoms with Gasteiger partial charge in [0.1, 0.15) is 11.5 Å². The number of nitro groups is 1. The lowest BCUT2D eigenvalue weighted by Crippen LogP contribution is -2.48. The van der Waals surface area contributed by atoms with E-state index in [0.717, 1.165) is 58.4 Å². The van der Waals surface area contributed by atoms with E-state index in [1.807, 2.05) is 4.90 Å². The highest BCUT2D eigenvalue weighted by molar-refractivity contribution is 5.63. The first-order valence-electron chi connectivity index (χ1n) is 7.62. The van der Waals surface area contributed by atoms with E-state index in [-0.39, 0.29) is 5.69 Å². The minimum atomic E-state index is -0.574. The van der Waals surface area contributed by atoms with Gasteiger partial charge in [-0.05, 0) is 24.5 Å². The third-order valence-electron chi connectivity index (χ3n) is 4.39. The Hall–Kier alpha value is -1.73. The Labute approximate surface area is 128 Å². The van der Waals surface area contributed by atoms with E-state index < -0.39 is 10.7 Å². The molecule has 2 fully saturated rings. The van der Waals surface area contributed by atoms with Crippen molar-refractivity contribution in [3.8, 4) is 0 Å². The highest BCUT2D eigenvalue weighted by Gasteiger charge is 2.26. The Morgan fingerprint density at radius 1 is 1.32 bits per heavy atom. The van der Waals surface area contributed by atoms with Crippen LogP contribution in [0.5, 0.6) is 0 Å². The molecule has 6 nitrogen and oxygen atoms in total. The zero-order chi connectivity index (χ0) is 15.5. The average Bonchev–Trinajstić information content (AvgIpc) is 3.01. The number of ether oxygens (including phenoxy) is 1. The van der Waals surface area contributed by atoms with Crippen molar-refractivity contribution in [2.75, 3.05) is 50.8 Å². The van der Waals surface area contributed by atoms with Gasteiger partial charge in [0.2, 0.25) is 0 Å². The lowest BCUT2D eigenvalue weighted by molar-refractivity contribution is -0.384. The summed E-state index contributed by atoms with van der Waals surface area (Å²) < 4.78 is 18.6.